The summed E-state index contributed by atoms with van der Waals surface area (Å²) in [6, 6.07) is 0. The Morgan fingerprint density at radius 1 is 1.17 bits per heavy atom. The predicted molar refractivity (Wildman–Crippen MR) is 81.9 cm³/mol. The van der Waals surface area contributed by atoms with E-state index in [1.165, 1.54) is 6.42 Å². The Bertz CT molecular complexity index is 451. The third-order valence-corrected chi connectivity index (χ3v) is 4.24. The van der Waals surface area contributed by atoms with E-state index in [0.717, 1.165) is 32.5 Å². The Kier molecular flexibility index (Phi) is 5.98. The predicted octanol–water partition coefficient (Wildman–Crippen LogP) is 1.14. The first-order chi connectivity index (χ1) is 10.5. The van der Waals surface area contributed by atoms with Gasteiger partial charge in [0, 0.05) is 13.1 Å². The van der Waals surface area contributed by atoms with Crippen LogP contribution in [0, 0.1) is 11.3 Å². The number of hydrogen-bond donors (Lipinski definition) is 3. The molecule has 4 N–H and O–H groups in total. The van der Waals surface area contributed by atoms with Crippen molar-refractivity contribution in [3.05, 3.63) is 0 Å². The van der Waals surface area contributed by atoms with Gasteiger partial charge in [-0.05, 0) is 57.9 Å². The monoisotopic (exact) mass is 330 g/mol. The number of carbonyl (C=O) groups is 3. The van der Waals surface area contributed by atoms with Crippen LogP contribution in [0.5, 0.6) is 0 Å². The van der Waals surface area contributed by atoms with Crippen LogP contribution in [0.4, 0.5) is 4.79 Å². The lowest BCUT2D eigenvalue weighted by molar-refractivity contribution is -0.159. The molecule has 1 spiro atoms. The minimum absolute atomic E-state index is 0.169. The van der Waals surface area contributed by atoms with Gasteiger partial charge in [0.15, 0.2) is 0 Å². The van der Waals surface area contributed by atoms with Crippen LogP contribution in [-0.4, -0.2) is 58.4 Å². The highest BCUT2D eigenvalue weighted by molar-refractivity contribution is 6.27. The van der Waals surface area contributed by atoms with Crippen molar-refractivity contribution in [1.29, 1.82) is 0 Å². The number of carboxylic acids is 2. The summed E-state index contributed by atoms with van der Waals surface area (Å²) in [6.45, 7) is 8.16. The van der Waals surface area contributed by atoms with Crippen molar-refractivity contribution in [2.24, 2.45) is 17.1 Å². The molecule has 23 heavy (non-hydrogen) atoms. The molecule has 0 radical (unpaired) electrons. The van der Waals surface area contributed by atoms with Crippen LogP contribution in [-0.2, 0) is 14.3 Å². The van der Waals surface area contributed by atoms with Gasteiger partial charge in [0.1, 0.15) is 5.60 Å². The van der Waals surface area contributed by atoms with E-state index in [1.807, 2.05) is 25.7 Å². The SMILES string of the molecule is CC(C)(C)OC(=O)N1CCC2(CC1)CC2CN.O=C(O)C(=O)O. The topological polar surface area (TPSA) is 130 Å². The highest BCUT2D eigenvalue weighted by atomic mass is 16.6. The van der Waals surface area contributed by atoms with Gasteiger partial charge in [-0.2, -0.15) is 0 Å². The number of amides is 1. The molecule has 1 saturated heterocycles. The van der Waals surface area contributed by atoms with Crippen LogP contribution in [0.1, 0.15) is 40.0 Å². The van der Waals surface area contributed by atoms with Crippen molar-refractivity contribution >= 4 is 18.0 Å². The quantitative estimate of drug-likeness (QED) is 0.614. The maximum atomic E-state index is 11.9. The smallest absolute Gasteiger partial charge is 0.414 e. The van der Waals surface area contributed by atoms with Gasteiger partial charge < -0.3 is 25.6 Å². The summed E-state index contributed by atoms with van der Waals surface area (Å²) in [5.41, 5.74) is 5.78. The summed E-state index contributed by atoms with van der Waals surface area (Å²) in [5, 5.41) is 14.8. The van der Waals surface area contributed by atoms with Gasteiger partial charge in [-0.1, -0.05) is 0 Å². The van der Waals surface area contributed by atoms with Gasteiger partial charge >= 0.3 is 18.0 Å². The normalized spacial score (nSPS) is 21.9. The molecule has 8 nitrogen and oxygen atoms in total. The van der Waals surface area contributed by atoms with Crippen LogP contribution in [0.15, 0.2) is 0 Å². The van der Waals surface area contributed by atoms with Gasteiger partial charge in [-0.3, -0.25) is 0 Å². The number of rotatable bonds is 1. The lowest BCUT2D eigenvalue weighted by Crippen LogP contribution is -2.42. The second kappa shape index (κ2) is 7.16. The summed E-state index contributed by atoms with van der Waals surface area (Å²) in [4.78, 5) is 31.9. The van der Waals surface area contributed by atoms with Crippen molar-refractivity contribution in [3.63, 3.8) is 0 Å². The Balaban J connectivity index is 0.000000379. The third kappa shape index (κ3) is 5.70. The van der Waals surface area contributed by atoms with Gasteiger partial charge in [0.05, 0.1) is 0 Å². The first-order valence-electron chi connectivity index (χ1n) is 7.65. The number of aliphatic carboxylic acids is 2. The minimum Gasteiger partial charge on any atom is -0.473 e. The number of likely N-dealkylation sites (tertiary alicyclic amines) is 1. The first-order valence-corrected chi connectivity index (χ1v) is 7.65. The van der Waals surface area contributed by atoms with Gasteiger partial charge in [0.2, 0.25) is 0 Å². The summed E-state index contributed by atoms with van der Waals surface area (Å²) in [5.74, 6) is -2.95. The standard InChI is InChI=1S/C13H24N2O2.C2H2O4/c1-12(2,3)17-11(16)15-6-4-13(5-7-15)8-10(13)9-14;3-1(4)2(5)6/h10H,4-9,14H2,1-3H3;(H,3,4)(H,5,6). The molecule has 1 saturated carbocycles. The van der Waals surface area contributed by atoms with Crippen LogP contribution in [0.2, 0.25) is 0 Å². The van der Waals surface area contributed by atoms with Crippen LogP contribution < -0.4 is 5.73 Å². The number of hydrogen-bond acceptors (Lipinski definition) is 5. The number of piperidine rings is 1. The Labute approximate surface area is 135 Å². The average Bonchev–Trinajstić information content (AvgIpc) is 3.11. The molecule has 2 fully saturated rings. The summed E-state index contributed by atoms with van der Waals surface area (Å²) in [7, 11) is 0. The van der Waals surface area contributed by atoms with Gasteiger partial charge in [0.25, 0.3) is 0 Å². The molecule has 2 rings (SSSR count). The fourth-order valence-electron chi connectivity index (χ4n) is 2.84. The van der Waals surface area contributed by atoms with Crippen molar-refractivity contribution in [3.8, 4) is 0 Å². The highest BCUT2D eigenvalue weighted by Crippen LogP contribution is 2.58. The number of carboxylic acid groups (broad SMARTS) is 2. The Hall–Kier alpha value is -1.83. The van der Waals surface area contributed by atoms with E-state index < -0.39 is 17.5 Å². The molecular weight excluding hydrogens is 304 g/mol. The molecule has 1 unspecified atom stereocenters. The molecule has 1 aliphatic carbocycles. The van der Waals surface area contributed by atoms with E-state index in [2.05, 4.69) is 0 Å². The Morgan fingerprint density at radius 3 is 1.96 bits per heavy atom. The molecular formula is C15H26N2O6. The second-order valence-electron chi connectivity index (χ2n) is 7.08. The molecule has 0 aromatic carbocycles. The first kappa shape index (κ1) is 19.2. The Morgan fingerprint density at radius 2 is 1.65 bits per heavy atom. The molecule has 0 bridgehead atoms. The second-order valence-corrected chi connectivity index (χ2v) is 7.08. The summed E-state index contributed by atoms with van der Waals surface area (Å²) >= 11 is 0. The van der Waals surface area contributed by atoms with E-state index in [4.69, 9.17) is 30.3 Å². The molecule has 1 atom stereocenters. The molecule has 0 aromatic heterocycles. The highest BCUT2D eigenvalue weighted by Gasteiger charge is 2.54. The minimum atomic E-state index is -1.82. The molecule has 1 aliphatic heterocycles. The number of ether oxygens (including phenoxy) is 1. The molecule has 1 amide bonds. The number of carbonyl (C=O) groups excluding carboxylic acids is 1. The lowest BCUT2D eigenvalue weighted by Gasteiger charge is -2.34. The van der Waals surface area contributed by atoms with Crippen LogP contribution in [0.3, 0.4) is 0 Å². The summed E-state index contributed by atoms with van der Waals surface area (Å²) in [6.07, 6.45) is 3.27. The zero-order valence-electron chi connectivity index (χ0n) is 13.9. The summed E-state index contributed by atoms with van der Waals surface area (Å²) < 4.78 is 5.38. The molecule has 1 heterocycles. The molecule has 132 valence electrons. The van der Waals surface area contributed by atoms with E-state index >= 15 is 0 Å². The van der Waals surface area contributed by atoms with E-state index in [0.29, 0.717) is 11.3 Å². The van der Waals surface area contributed by atoms with Crippen LogP contribution in [0.25, 0.3) is 0 Å². The largest absolute Gasteiger partial charge is 0.473 e. The van der Waals surface area contributed by atoms with E-state index in [-0.39, 0.29) is 6.09 Å². The van der Waals surface area contributed by atoms with E-state index in [9.17, 15) is 4.79 Å². The maximum Gasteiger partial charge on any atom is 0.414 e. The third-order valence-electron chi connectivity index (χ3n) is 4.24. The number of nitrogens with zero attached hydrogens (tertiary/aromatic N) is 1. The molecule has 0 aromatic rings. The molecule has 2 aliphatic rings. The number of nitrogens with two attached hydrogens (primary N) is 1. The van der Waals surface area contributed by atoms with Crippen molar-refractivity contribution < 1.29 is 29.3 Å². The van der Waals surface area contributed by atoms with Crippen molar-refractivity contribution in [2.45, 2.75) is 45.6 Å². The fraction of sp³-hybridized carbons (Fsp3) is 0.800. The maximum absolute atomic E-state index is 11.9. The lowest BCUT2D eigenvalue weighted by atomic mass is 9.91. The zero-order valence-corrected chi connectivity index (χ0v) is 13.9. The van der Waals surface area contributed by atoms with Gasteiger partial charge in [-0.25, -0.2) is 14.4 Å². The fourth-order valence-corrected chi connectivity index (χ4v) is 2.84. The van der Waals surface area contributed by atoms with Crippen molar-refractivity contribution in [2.75, 3.05) is 19.6 Å². The van der Waals surface area contributed by atoms with Crippen LogP contribution >= 0.6 is 0 Å². The zero-order chi connectivity index (χ0) is 17.8. The average molecular weight is 330 g/mol. The van der Waals surface area contributed by atoms with E-state index in [1.54, 1.807) is 0 Å². The van der Waals surface area contributed by atoms with Gasteiger partial charge in [-0.15, -0.1) is 0 Å². The van der Waals surface area contributed by atoms with Crippen molar-refractivity contribution in [1.82, 2.24) is 4.90 Å². The molecule has 8 heteroatoms.